The molecular formula is C8H14F2N2O. The van der Waals surface area contributed by atoms with Gasteiger partial charge in [-0.1, -0.05) is 0 Å². The molecule has 1 unspecified atom stereocenters. The average Bonchev–Trinajstić information content (AvgIpc) is 2.48. The van der Waals surface area contributed by atoms with Crippen LogP contribution in [0.1, 0.15) is 13.3 Å². The van der Waals surface area contributed by atoms with Gasteiger partial charge in [-0.05, 0) is 13.5 Å². The predicted molar refractivity (Wildman–Crippen MR) is 44.7 cm³/mol. The number of hydrogen-bond acceptors (Lipinski definition) is 2. The van der Waals surface area contributed by atoms with E-state index in [1.54, 1.807) is 7.05 Å². The smallest absolute Gasteiger partial charge is 0.322 e. The Bertz CT molecular complexity index is 203. The first-order valence-electron chi connectivity index (χ1n) is 4.29. The molecule has 0 aromatic rings. The van der Waals surface area contributed by atoms with Gasteiger partial charge in [0.15, 0.2) is 0 Å². The molecule has 0 bridgehead atoms. The molecule has 13 heavy (non-hydrogen) atoms. The Kier molecular flexibility index (Phi) is 2.85. The third-order valence-corrected chi connectivity index (χ3v) is 2.26. The summed E-state index contributed by atoms with van der Waals surface area (Å²) >= 11 is 0. The van der Waals surface area contributed by atoms with Crippen LogP contribution in [-0.4, -0.2) is 42.9 Å². The molecule has 1 saturated heterocycles. The summed E-state index contributed by atoms with van der Waals surface area (Å²) in [5.41, 5.74) is 0. The number of likely N-dealkylation sites (N-methyl/N-ethyl adjacent to an activating group) is 1. The van der Waals surface area contributed by atoms with Crippen molar-refractivity contribution in [3.63, 3.8) is 0 Å². The van der Waals surface area contributed by atoms with Crippen LogP contribution in [0, 0.1) is 0 Å². The van der Waals surface area contributed by atoms with E-state index in [9.17, 15) is 13.6 Å². The van der Waals surface area contributed by atoms with Gasteiger partial charge in [-0.15, -0.1) is 0 Å². The van der Waals surface area contributed by atoms with Gasteiger partial charge in [-0.2, -0.15) is 8.78 Å². The predicted octanol–water partition coefficient (Wildman–Crippen LogP) is 0.462. The molecule has 0 spiro atoms. The fraction of sp³-hybridized carbons (Fsp3) is 0.875. The zero-order valence-electron chi connectivity index (χ0n) is 7.81. The number of rotatable bonds is 2. The van der Waals surface area contributed by atoms with Gasteiger partial charge in [0.25, 0.3) is 5.91 Å². The zero-order valence-corrected chi connectivity index (χ0v) is 7.81. The topological polar surface area (TPSA) is 32.3 Å². The van der Waals surface area contributed by atoms with E-state index in [1.165, 1.54) is 4.90 Å². The molecule has 3 nitrogen and oxygen atoms in total. The molecule has 1 rings (SSSR count). The van der Waals surface area contributed by atoms with Crippen LogP contribution < -0.4 is 5.32 Å². The number of likely N-dealkylation sites (tertiary alicyclic amines) is 1. The number of alkyl halides is 2. The second-order valence-corrected chi connectivity index (χ2v) is 3.41. The minimum Gasteiger partial charge on any atom is -0.336 e. The molecule has 1 amide bonds. The molecule has 5 heteroatoms. The maximum atomic E-state index is 12.6. The second kappa shape index (κ2) is 3.57. The van der Waals surface area contributed by atoms with Gasteiger partial charge in [-0.25, -0.2) is 0 Å². The van der Waals surface area contributed by atoms with E-state index in [2.05, 4.69) is 5.32 Å². The minimum atomic E-state index is -3.23. The molecule has 1 atom stereocenters. The van der Waals surface area contributed by atoms with Crippen LogP contribution in [0.15, 0.2) is 0 Å². The van der Waals surface area contributed by atoms with Crippen LogP contribution in [0.25, 0.3) is 0 Å². The SMILES string of the molecule is CNC1CCN(C(=O)C(C)(F)F)C1. The number of amides is 1. The van der Waals surface area contributed by atoms with E-state index in [0.29, 0.717) is 20.0 Å². The normalized spacial score (nSPS) is 23.7. The molecule has 0 aromatic carbocycles. The highest BCUT2D eigenvalue weighted by molar-refractivity contribution is 5.83. The number of carbonyl (C=O) groups is 1. The van der Waals surface area contributed by atoms with E-state index >= 15 is 0 Å². The van der Waals surface area contributed by atoms with Crippen molar-refractivity contribution in [3.8, 4) is 0 Å². The van der Waals surface area contributed by atoms with Crippen LogP contribution in [0.3, 0.4) is 0 Å². The summed E-state index contributed by atoms with van der Waals surface area (Å²) in [5.74, 6) is -4.30. The molecule has 0 aromatic heterocycles. The Morgan fingerprint density at radius 3 is 2.62 bits per heavy atom. The van der Waals surface area contributed by atoms with Gasteiger partial charge in [-0.3, -0.25) is 4.79 Å². The van der Waals surface area contributed by atoms with Crippen molar-refractivity contribution < 1.29 is 13.6 Å². The Labute approximate surface area is 76.1 Å². The van der Waals surface area contributed by atoms with E-state index in [1.807, 2.05) is 0 Å². The Morgan fingerprint density at radius 2 is 2.23 bits per heavy atom. The van der Waals surface area contributed by atoms with Crippen LogP contribution in [0.5, 0.6) is 0 Å². The molecule has 76 valence electrons. The fourth-order valence-electron chi connectivity index (χ4n) is 1.46. The van der Waals surface area contributed by atoms with Crippen LogP contribution in [0.2, 0.25) is 0 Å². The van der Waals surface area contributed by atoms with E-state index < -0.39 is 11.8 Å². The first kappa shape index (κ1) is 10.4. The minimum absolute atomic E-state index is 0.159. The van der Waals surface area contributed by atoms with Gasteiger partial charge in [0.2, 0.25) is 0 Å². The molecule has 0 saturated carbocycles. The zero-order chi connectivity index (χ0) is 10.1. The third-order valence-electron chi connectivity index (χ3n) is 2.26. The first-order chi connectivity index (χ1) is 5.95. The van der Waals surface area contributed by atoms with Crippen molar-refractivity contribution in [2.45, 2.75) is 25.3 Å². The van der Waals surface area contributed by atoms with E-state index in [4.69, 9.17) is 0 Å². The highest BCUT2D eigenvalue weighted by atomic mass is 19.3. The molecule has 1 aliphatic rings. The van der Waals surface area contributed by atoms with Crippen molar-refractivity contribution in [1.82, 2.24) is 10.2 Å². The molecule has 1 fully saturated rings. The number of nitrogens with zero attached hydrogens (tertiary/aromatic N) is 1. The quantitative estimate of drug-likeness (QED) is 0.689. The van der Waals surface area contributed by atoms with Crippen molar-refractivity contribution >= 4 is 5.91 Å². The van der Waals surface area contributed by atoms with Gasteiger partial charge < -0.3 is 10.2 Å². The standard InChI is InChI=1S/C8H14F2N2O/c1-8(9,10)7(13)12-4-3-6(5-12)11-2/h6,11H,3-5H2,1-2H3. The van der Waals surface area contributed by atoms with Crippen LogP contribution >= 0.6 is 0 Å². The van der Waals surface area contributed by atoms with Gasteiger partial charge in [0, 0.05) is 26.1 Å². The number of hydrogen-bond donors (Lipinski definition) is 1. The maximum absolute atomic E-state index is 12.6. The van der Waals surface area contributed by atoms with Gasteiger partial charge in [0.05, 0.1) is 0 Å². The highest BCUT2D eigenvalue weighted by Crippen LogP contribution is 2.19. The number of halogens is 2. The molecule has 1 heterocycles. The molecule has 0 aliphatic carbocycles. The summed E-state index contributed by atoms with van der Waals surface area (Å²) in [4.78, 5) is 12.3. The van der Waals surface area contributed by atoms with Gasteiger partial charge in [0.1, 0.15) is 0 Å². The molecular weight excluding hydrogens is 178 g/mol. The lowest BCUT2D eigenvalue weighted by Gasteiger charge is -2.20. The summed E-state index contributed by atoms with van der Waals surface area (Å²) in [5, 5.41) is 2.96. The highest BCUT2D eigenvalue weighted by Gasteiger charge is 2.39. The Morgan fingerprint density at radius 1 is 1.62 bits per heavy atom. The first-order valence-corrected chi connectivity index (χ1v) is 4.29. The summed E-state index contributed by atoms with van der Waals surface area (Å²) in [6.07, 6.45) is 0.748. The average molecular weight is 192 g/mol. The third kappa shape index (κ3) is 2.37. The Balaban J connectivity index is 2.52. The van der Waals surface area contributed by atoms with Gasteiger partial charge >= 0.3 is 5.92 Å². The lowest BCUT2D eigenvalue weighted by atomic mass is 10.3. The van der Waals surface area contributed by atoms with Crippen molar-refractivity contribution in [2.24, 2.45) is 0 Å². The Hall–Kier alpha value is -0.710. The van der Waals surface area contributed by atoms with E-state index in [0.717, 1.165) is 6.42 Å². The number of nitrogens with one attached hydrogen (secondary N) is 1. The van der Waals surface area contributed by atoms with Crippen LogP contribution in [-0.2, 0) is 4.79 Å². The van der Waals surface area contributed by atoms with E-state index in [-0.39, 0.29) is 6.04 Å². The van der Waals surface area contributed by atoms with Crippen molar-refractivity contribution in [2.75, 3.05) is 20.1 Å². The molecule has 0 radical (unpaired) electrons. The number of carbonyl (C=O) groups excluding carboxylic acids is 1. The summed E-state index contributed by atoms with van der Waals surface area (Å²) in [6, 6.07) is 0.159. The van der Waals surface area contributed by atoms with Crippen molar-refractivity contribution in [1.29, 1.82) is 0 Å². The largest absolute Gasteiger partial charge is 0.336 e. The van der Waals surface area contributed by atoms with Crippen LogP contribution in [0.4, 0.5) is 8.78 Å². The summed E-state index contributed by atoms with van der Waals surface area (Å²) in [6.45, 7) is 1.45. The molecule has 1 aliphatic heterocycles. The molecule has 1 N–H and O–H groups in total. The summed E-state index contributed by atoms with van der Waals surface area (Å²) in [7, 11) is 1.77. The fourth-order valence-corrected chi connectivity index (χ4v) is 1.46. The lowest BCUT2D eigenvalue weighted by molar-refractivity contribution is -0.153. The lowest BCUT2D eigenvalue weighted by Crippen LogP contribution is -2.41. The summed E-state index contributed by atoms with van der Waals surface area (Å²) < 4.78 is 25.2. The second-order valence-electron chi connectivity index (χ2n) is 3.41. The monoisotopic (exact) mass is 192 g/mol. The maximum Gasteiger partial charge on any atom is 0.322 e. The van der Waals surface area contributed by atoms with Crippen molar-refractivity contribution in [3.05, 3.63) is 0 Å².